The summed E-state index contributed by atoms with van der Waals surface area (Å²) in [6, 6.07) is 8.59. The minimum absolute atomic E-state index is 0.196. The number of benzene rings is 1. The number of rotatable bonds is 5. The van der Waals surface area contributed by atoms with Crippen LogP contribution in [0, 0.1) is 5.92 Å². The number of aryl methyl sites for hydroxylation is 1. The molecule has 1 nitrogen and oxygen atoms in total. The lowest BCUT2D eigenvalue weighted by Crippen LogP contribution is -2.17. The van der Waals surface area contributed by atoms with Crippen molar-refractivity contribution in [3.63, 3.8) is 0 Å². The molecule has 0 fully saturated rings. The van der Waals surface area contributed by atoms with Crippen molar-refractivity contribution < 1.29 is 4.74 Å². The summed E-state index contributed by atoms with van der Waals surface area (Å²) in [7, 11) is 0. The first-order valence-electron chi connectivity index (χ1n) is 6.62. The summed E-state index contributed by atoms with van der Waals surface area (Å²) in [5.74, 6) is 0.618. The van der Waals surface area contributed by atoms with Crippen molar-refractivity contribution in [1.82, 2.24) is 0 Å². The zero-order chi connectivity index (χ0) is 12.1. The van der Waals surface area contributed by atoms with Gasteiger partial charge in [-0.3, -0.25) is 0 Å². The first kappa shape index (κ1) is 12.9. The molecular formula is C15H21ClO. The monoisotopic (exact) mass is 252 g/mol. The lowest BCUT2D eigenvalue weighted by Gasteiger charge is -2.29. The normalized spacial score (nSPS) is 23.4. The Labute approximate surface area is 109 Å². The molecule has 0 N–H and O–H groups in total. The van der Waals surface area contributed by atoms with Gasteiger partial charge in [0.2, 0.25) is 0 Å². The second-order valence-electron chi connectivity index (χ2n) is 4.74. The van der Waals surface area contributed by atoms with Gasteiger partial charge < -0.3 is 4.74 Å². The molecule has 0 amide bonds. The molecule has 2 unspecified atom stereocenters. The predicted octanol–water partition coefficient (Wildman–Crippen LogP) is 4.35. The fraction of sp³-hybridized carbons (Fsp3) is 0.600. The molecule has 0 aliphatic heterocycles. The van der Waals surface area contributed by atoms with E-state index in [1.54, 1.807) is 0 Å². The van der Waals surface area contributed by atoms with Crippen molar-refractivity contribution in [3.05, 3.63) is 35.4 Å². The van der Waals surface area contributed by atoms with Gasteiger partial charge in [0.25, 0.3) is 0 Å². The van der Waals surface area contributed by atoms with Crippen LogP contribution in [0.5, 0.6) is 0 Å². The average molecular weight is 253 g/mol. The van der Waals surface area contributed by atoms with Gasteiger partial charge in [0.15, 0.2) is 0 Å². The number of halogens is 1. The Balaban J connectivity index is 1.90. The van der Waals surface area contributed by atoms with Crippen molar-refractivity contribution in [2.75, 3.05) is 13.2 Å². The fourth-order valence-electron chi connectivity index (χ4n) is 2.65. The van der Waals surface area contributed by atoms with Gasteiger partial charge in [-0.05, 0) is 49.7 Å². The smallest absolute Gasteiger partial charge is 0.0616 e. The Morgan fingerprint density at radius 1 is 1.35 bits per heavy atom. The second kappa shape index (κ2) is 6.42. The molecule has 1 aliphatic rings. The van der Waals surface area contributed by atoms with Gasteiger partial charge in [-0.2, -0.15) is 0 Å². The SMILES string of the molecule is CCOCCCC1CCc2ccccc2C1Cl. The first-order chi connectivity index (χ1) is 8.33. The van der Waals surface area contributed by atoms with Gasteiger partial charge in [0, 0.05) is 13.2 Å². The third-order valence-corrected chi connectivity index (χ3v) is 4.21. The third-order valence-electron chi connectivity index (χ3n) is 3.62. The van der Waals surface area contributed by atoms with Gasteiger partial charge in [0.1, 0.15) is 0 Å². The topological polar surface area (TPSA) is 9.23 Å². The molecule has 94 valence electrons. The lowest BCUT2D eigenvalue weighted by molar-refractivity contribution is 0.138. The zero-order valence-electron chi connectivity index (χ0n) is 10.5. The van der Waals surface area contributed by atoms with Gasteiger partial charge in [-0.25, -0.2) is 0 Å². The Hall–Kier alpha value is -0.530. The van der Waals surface area contributed by atoms with Gasteiger partial charge in [0.05, 0.1) is 5.38 Å². The van der Waals surface area contributed by atoms with E-state index in [0.717, 1.165) is 19.6 Å². The molecule has 2 heteroatoms. The van der Waals surface area contributed by atoms with Crippen LogP contribution in [-0.2, 0) is 11.2 Å². The molecule has 0 saturated heterocycles. The Kier molecular flexibility index (Phi) is 4.87. The molecule has 0 aromatic heterocycles. The molecule has 0 radical (unpaired) electrons. The highest BCUT2D eigenvalue weighted by molar-refractivity contribution is 6.21. The molecule has 17 heavy (non-hydrogen) atoms. The highest BCUT2D eigenvalue weighted by Gasteiger charge is 2.26. The van der Waals surface area contributed by atoms with Crippen molar-refractivity contribution >= 4 is 11.6 Å². The number of alkyl halides is 1. The summed E-state index contributed by atoms with van der Waals surface area (Å²) in [4.78, 5) is 0. The van der Waals surface area contributed by atoms with E-state index in [1.807, 2.05) is 6.92 Å². The third kappa shape index (κ3) is 3.23. The first-order valence-corrected chi connectivity index (χ1v) is 7.06. The molecule has 0 heterocycles. The summed E-state index contributed by atoms with van der Waals surface area (Å²) in [5.41, 5.74) is 2.79. The molecule has 1 aliphatic carbocycles. The summed E-state index contributed by atoms with van der Waals surface area (Å²) in [6.07, 6.45) is 4.71. The van der Waals surface area contributed by atoms with E-state index in [-0.39, 0.29) is 5.38 Å². The Morgan fingerprint density at radius 3 is 3.00 bits per heavy atom. The Bertz CT molecular complexity index is 351. The van der Waals surface area contributed by atoms with E-state index in [4.69, 9.17) is 16.3 Å². The molecule has 2 atom stereocenters. The van der Waals surface area contributed by atoms with Crippen LogP contribution in [0.2, 0.25) is 0 Å². The highest BCUT2D eigenvalue weighted by Crippen LogP contribution is 2.41. The van der Waals surface area contributed by atoms with Crippen LogP contribution in [0.15, 0.2) is 24.3 Å². The number of hydrogen-bond acceptors (Lipinski definition) is 1. The maximum atomic E-state index is 6.59. The standard InChI is InChI=1S/C15H21ClO/c1-2-17-11-5-7-13-10-9-12-6-3-4-8-14(12)15(13)16/h3-4,6,8,13,15H,2,5,7,9-11H2,1H3. The highest BCUT2D eigenvalue weighted by atomic mass is 35.5. The number of fused-ring (bicyclic) bond motifs is 1. The van der Waals surface area contributed by atoms with E-state index >= 15 is 0 Å². The maximum absolute atomic E-state index is 6.59. The van der Waals surface area contributed by atoms with Gasteiger partial charge >= 0.3 is 0 Å². The largest absolute Gasteiger partial charge is 0.382 e. The molecule has 2 rings (SSSR count). The van der Waals surface area contributed by atoms with E-state index in [0.29, 0.717) is 5.92 Å². The van der Waals surface area contributed by atoms with Crippen molar-refractivity contribution in [2.24, 2.45) is 5.92 Å². The molecule has 0 bridgehead atoms. The summed E-state index contributed by atoms with van der Waals surface area (Å²) < 4.78 is 5.39. The van der Waals surface area contributed by atoms with E-state index < -0.39 is 0 Å². The lowest BCUT2D eigenvalue weighted by atomic mass is 9.81. The fourth-order valence-corrected chi connectivity index (χ4v) is 3.12. The van der Waals surface area contributed by atoms with Crippen LogP contribution in [-0.4, -0.2) is 13.2 Å². The Morgan fingerprint density at radius 2 is 2.18 bits per heavy atom. The van der Waals surface area contributed by atoms with Crippen LogP contribution >= 0.6 is 11.6 Å². The minimum Gasteiger partial charge on any atom is -0.382 e. The molecule has 1 aromatic carbocycles. The van der Waals surface area contributed by atoms with Crippen LogP contribution < -0.4 is 0 Å². The van der Waals surface area contributed by atoms with Crippen LogP contribution in [0.4, 0.5) is 0 Å². The van der Waals surface area contributed by atoms with Gasteiger partial charge in [-0.1, -0.05) is 24.3 Å². The minimum atomic E-state index is 0.196. The van der Waals surface area contributed by atoms with Crippen LogP contribution in [0.25, 0.3) is 0 Å². The second-order valence-corrected chi connectivity index (χ2v) is 5.21. The molecule has 1 aromatic rings. The zero-order valence-corrected chi connectivity index (χ0v) is 11.2. The molecule has 0 spiro atoms. The molecule has 0 saturated carbocycles. The molecular weight excluding hydrogens is 232 g/mol. The van der Waals surface area contributed by atoms with Crippen molar-refractivity contribution in [1.29, 1.82) is 0 Å². The van der Waals surface area contributed by atoms with Crippen LogP contribution in [0.1, 0.15) is 42.7 Å². The number of hydrogen-bond donors (Lipinski definition) is 0. The average Bonchev–Trinajstić information content (AvgIpc) is 2.37. The van der Waals surface area contributed by atoms with E-state index in [1.165, 1.54) is 30.4 Å². The summed E-state index contributed by atoms with van der Waals surface area (Å²) in [5, 5.41) is 0.196. The quantitative estimate of drug-likeness (QED) is 0.559. The van der Waals surface area contributed by atoms with E-state index in [9.17, 15) is 0 Å². The van der Waals surface area contributed by atoms with Crippen LogP contribution in [0.3, 0.4) is 0 Å². The van der Waals surface area contributed by atoms with Gasteiger partial charge in [-0.15, -0.1) is 11.6 Å². The van der Waals surface area contributed by atoms with Crippen molar-refractivity contribution in [2.45, 2.75) is 38.0 Å². The van der Waals surface area contributed by atoms with Crippen molar-refractivity contribution in [3.8, 4) is 0 Å². The number of ether oxygens (including phenoxy) is 1. The van der Waals surface area contributed by atoms with E-state index in [2.05, 4.69) is 24.3 Å². The summed E-state index contributed by atoms with van der Waals surface area (Å²) >= 11 is 6.59. The summed E-state index contributed by atoms with van der Waals surface area (Å²) in [6.45, 7) is 3.73. The predicted molar refractivity (Wildman–Crippen MR) is 72.6 cm³/mol. The maximum Gasteiger partial charge on any atom is 0.0616 e.